The summed E-state index contributed by atoms with van der Waals surface area (Å²) in [6.07, 6.45) is 7.63. The van der Waals surface area contributed by atoms with Gasteiger partial charge >= 0.3 is 0 Å². The minimum atomic E-state index is -0.213. The van der Waals surface area contributed by atoms with Gasteiger partial charge in [-0.1, -0.05) is 12.2 Å². The molecular weight excluding hydrogens is 383 g/mol. The van der Waals surface area contributed by atoms with Gasteiger partial charge in [0.05, 0.1) is 18.1 Å². The number of hydrogen-bond acceptors (Lipinski definition) is 4. The van der Waals surface area contributed by atoms with E-state index in [0.717, 1.165) is 21.6 Å². The molecule has 0 aromatic carbocycles. The number of amides is 2. The lowest BCUT2D eigenvalue weighted by Gasteiger charge is -2.37. The average molecular weight is 396 g/mol. The van der Waals surface area contributed by atoms with Crippen LogP contribution in [0.1, 0.15) is 18.6 Å². The van der Waals surface area contributed by atoms with Crippen LogP contribution in [-0.2, 0) is 9.59 Å². The molecule has 4 aliphatic rings. The van der Waals surface area contributed by atoms with Gasteiger partial charge in [0, 0.05) is 0 Å². The van der Waals surface area contributed by atoms with Crippen molar-refractivity contribution in [2.24, 2.45) is 28.8 Å². The Labute approximate surface area is 135 Å². The fourth-order valence-corrected chi connectivity index (χ4v) is 4.12. The summed E-state index contributed by atoms with van der Waals surface area (Å²) in [5.41, 5.74) is 0. The highest BCUT2D eigenvalue weighted by atomic mass is 127. The van der Waals surface area contributed by atoms with Crippen LogP contribution in [0.2, 0.25) is 0 Å². The Balaban J connectivity index is 1.62. The van der Waals surface area contributed by atoms with E-state index in [1.807, 2.05) is 0 Å². The zero-order chi connectivity index (χ0) is 14.6. The summed E-state index contributed by atoms with van der Waals surface area (Å²) >= 11 is 2.05. The van der Waals surface area contributed by atoms with E-state index >= 15 is 0 Å². The molecule has 0 unspecified atom stereocenters. The third-order valence-corrected chi connectivity index (χ3v) is 5.21. The summed E-state index contributed by atoms with van der Waals surface area (Å²) in [6, 6.07) is 3.56. The Kier molecular flexibility index (Phi) is 3.02. The molecule has 0 spiro atoms. The maximum atomic E-state index is 12.5. The number of carbonyl (C=O) groups is 2. The highest BCUT2D eigenvalue weighted by molar-refractivity contribution is 14.1. The van der Waals surface area contributed by atoms with Gasteiger partial charge in [0.25, 0.3) is 11.8 Å². The van der Waals surface area contributed by atoms with Crippen LogP contribution in [0.4, 0.5) is 0 Å². The highest BCUT2D eigenvalue weighted by Gasteiger charge is 2.56. The zero-order valence-electron chi connectivity index (χ0n) is 11.1. The van der Waals surface area contributed by atoms with Gasteiger partial charge in [-0.3, -0.25) is 9.59 Å². The van der Waals surface area contributed by atoms with Crippen molar-refractivity contribution in [2.75, 3.05) is 0 Å². The van der Waals surface area contributed by atoms with Crippen LogP contribution in [-0.4, -0.2) is 23.0 Å². The number of imide groups is 1. The third kappa shape index (κ3) is 1.99. The molecule has 2 heterocycles. The van der Waals surface area contributed by atoms with Crippen molar-refractivity contribution in [2.45, 2.75) is 12.8 Å². The van der Waals surface area contributed by atoms with E-state index < -0.39 is 0 Å². The van der Waals surface area contributed by atoms with Gasteiger partial charge < -0.3 is 4.42 Å². The second kappa shape index (κ2) is 4.79. The molecule has 1 aromatic heterocycles. The SMILES string of the molecule is O=C1[C@@H]2[C@@H](C(=O)N1N=Cc1ccc(I)o1)[C@H]1C=C[C@H]2CC1. The van der Waals surface area contributed by atoms with Gasteiger partial charge in [0.15, 0.2) is 3.77 Å². The fraction of sp³-hybridized carbons (Fsp3) is 0.400. The lowest BCUT2D eigenvalue weighted by Crippen LogP contribution is -2.38. The summed E-state index contributed by atoms with van der Waals surface area (Å²) < 4.78 is 6.10. The number of fused-ring (bicyclic) bond motifs is 1. The predicted octanol–water partition coefficient (Wildman–Crippen LogP) is 2.42. The Morgan fingerprint density at radius 1 is 1.14 bits per heavy atom. The number of allylic oxidation sites excluding steroid dienone is 2. The van der Waals surface area contributed by atoms with Gasteiger partial charge in [0.2, 0.25) is 0 Å². The van der Waals surface area contributed by atoms with Gasteiger partial charge in [0.1, 0.15) is 5.76 Å². The molecule has 108 valence electrons. The number of furan rings is 1. The minimum absolute atomic E-state index is 0.165. The third-order valence-electron chi connectivity index (χ3n) is 4.63. The second-order valence-corrected chi connectivity index (χ2v) is 6.78. The molecule has 1 aromatic rings. The number of hydrazone groups is 1. The van der Waals surface area contributed by atoms with Crippen LogP contribution < -0.4 is 0 Å². The molecule has 0 N–H and O–H groups in total. The summed E-state index contributed by atoms with van der Waals surface area (Å²) in [4.78, 5) is 25.0. The van der Waals surface area contributed by atoms with E-state index in [4.69, 9.17) is 4.42 Å². The average Bonchev–Trinajstić information content (AvgIpc) is 3.03. The molecule has 2 fully saturated rings. The summed E-state index contributed by atoms with van der Waals surface area (Å²) in [7, 11) is 0. The molecule has 5 rings (SSSR count). The molecule has 1 aliphatic heterocycles. The summed E-state index contributed by atoms with van der Waals surface area (Å²) in [6.45, 7) is 0. The van der Waals surface area contributed by atoms with E-state index in [0.29, 0.717) is 5.76 Å². The van der Waals surface area contributed by atoms with E-state index in [1.165, 1.54) is 6.21 Å². The molecule has 2 bridgehead atoms. The van der Waals surface area contributed by atoms with Crippen molar-refractivity contribution in [1.29, 1.82) is 0 Å². The first kappa shape index (κ1) is 13.2. The van der Waals surface area contributed by atoms with Crippen molar-refractivity contribution in [1.82, 2.24) is 5.01 Å². The second-order valence-electron chi connectivity index (χ2n) is 5.72. The Morgan fingerprint density at radius 2 is 1.76 bits per heavy atom. The normalized spacial score (nSPS) is 34.2. The molecule has 1 saturated carbocycles. The van der Waals surface area contributed by atoms with Crippen LogP contribution in [0.25, 0.3) is 0 Å². The first-order valence-corrected chi connectivity index (χ1v) is 8.08. The van der Waals surface area contributed by atoms with Crippen LogP contribution in [0, 0.1) is 27.4 Å². The molecule has 2 amide bonds. The number of nitrogens with zero attached hydrogens (tertiary/aromatic N) is 2. The van der Waals surface area contributed by atoms with Crippen molar-refractivity contribution >= 4 is 40.6 Å². The number of rotatable bonds is 2. The van der Waals surface area contributed by atoms with Gasteiger partial charge in [-0.2, -0.15) is 10.1 Å². The maximum absolute atomic E-state index is 12.5. The van der Waals surface area contributed by atoms with Gasteiger partial charge in [-0.05, 0) is 59.4 Å². The Hall–Kier alpha value is -1.44. The van der Waals surface area contributed by atoms with Crippen molar-refractivity contribution in [3.63, 3.8) is 0 Å². The van der Waals surface area contributed by atoms with Crippen LogP contribution in [0.3, 0.4) is 0 Å². The highest BCUT2D eigenvalue weighted by Crippen LogP contribution is 2.49. The molecular formula is C15H13IN2O3. The topological polar surface area (TPSA) is 62.9 Å². The van der Waals surface area contributed by atoms with E-state index in [2.05, 4.69) is 39.8 Å². The smallest absolute Gasteiger partial charge is 0.254 e. The van der Waals surface area contributed by atoms with E-state index in [1.54, 1.807) is 12.1 Å². The number of hydrogen-bond donors (Lipinski definition) is 0. The lowest BCUT2D eigenvalue weighted by molar-refractivity contribution is -0.140. The number of halogens is 1. The first-order chi connectivity index (χ1) is 10.1. The largest absolute Gasteiger partial charge is 0.449 e. The zero-order valence-corrected chi connectivity index (χ0v) is 13.3. The number of carbonyl (C=O) groups excluding carboxylic acids is 2. The fourth-order valence-electron chi connectivity index (χ4n) is 3.68. The Bertz CT molecular complexity index is 646. The van der Waals surface area contributed by atoms with Crippen molar-refractivity contribution in [3.05, 3.63) is 33.8 Å². The van der Waals surface area contributed by atoms with Crippen LogP contribution in [0.5, 0.6) is 0 Å². The van der Waals surface area contributed by atoms with Crippen LogP contribution >= 0.6 is 22.6 Å². The van der Waals surface area contributed by atoms with Crippen molar-refractivity contribution < 1.29 is 14.0 Å². The Morgan fingerprint density at radius 3 is 2.24 bits per heavy atom. The molecule has 0 radical (unpaired) electrons. The maximum Gasteiger partial charge on any atom is 0.254 e. The molecule has 4 atom stereocenters. The molecule has 1 saturated heterocycles. The molecule has 6 heteroatoms. The van der Waals surface area contributed by atoms with Crippen molar-refractivity contribution in [3.8, 4) is 0 Å². The standard InChI is InChI=1S/C15H13IN2O3/c16-11-6-5-10(21-11)7-17-18-14(19)12-8-1-2-9(4-3-8)13(12)15(18)20/h1-2,5-9,12-13H,3-4H2/t8-,9-,12-,13-/m0/s1. The van der Waals surface area contributed by atoms with E-state index in [9.17, 15) is 9.59 Å². The molecule has 3 aliphatic carbocycles. The monoisotopic (exact) mass is 396 g/mol. The molecule has 21 heavy (non-hydrogen) atoms. The summed E-state index contributed by atoms with van der Waals surface area (Å²) in [5, 5.41) is 5.12. The van der Waals surface area contributed by atoms with E-state index in [-0.39, 0.29) is 35.5 Å². The lowest BCUT2D eigenvalue weighted by atomic mass is 9.63. The first-order valence-electron chi connectivity index (χ1n) is 7.00. The minimum Gasteiger partial charge on any atom is -0.449 e. The van der Waals surface area contributed by atoms with Gasteiger partial charge in [-0.15, -0.1) is 0 Å². The predicted molar refractivity (Wildman–Crippen MR) is 83.2 cm³/mol. The van der Waals surface area contributed by atoms with Crippen LogP contribution in [0.15, 0.2) is 33.8 Å². The quantitative estimate of drug-likeness (QED) is 0.334. The van der Waals surface area contributed by atoms with Gasteiger partial charge in [-0.25, -0.2) is 0 Å². The summed E-state index contributed by atoms with van der Waals surface area (Å²) in [5.74, 6) is 0.173. The molecule has 5 nitrogen and oxygen atoms in total.